The Kier molecular flexibility index (Phi) is 5.63. The molecule has 0 bridgehead atoms. The number of piperidine rings is 2. The van der Waals surface area contributed by atoms with Gasteiger partial charge < -0.3 is 9.88 Å². The predicted molar refractivity (Wildman–Crippen MR) is 133 cm³/mol. The number of H-pyrrole nitrogens is 1. The summed E-state index contributed by atoms with van der Waals surface area (Å²) in [7, 11) is 0. The van der Waals surface area contributed by atoms with Crippen LogP contribution in [0.5, 0.6) is 0 Å². The number of hydrogen-bond donors (Lipinski definition) is 2. The van der Waals surface area contributed by atoms with Crippen molar-refractivity contribution in [1.82, 2.24) is 20.1 Å². The van der Waals surface area contributed by atoms with Crippen LogP contribution < -0.4 is 5.32 Å². The molecule has 2 saturated heterocycles. The Balaban J connectivity index is 1.14. The van der Waals surface area contributed by atoms with E-state index in [1.807, 2.05) is 6.07 Å². The number of amides is 3. The largest absolute Gasteiger partial charge is 0.361 e. The highest BCUT2D eigenvalue weighted by Gasteiger charge is 2.40. The van der Waals surface area contributed by atoms with Crippen molar-refractivity contribution >= 4 is 28.6 Å². The van der Waals surface area contributed by atoms with Gasteiger partial charge in [-0.05, 0) is 73.5 Å². The molecule has 3 aromatic rings. The predicted octanol–water partition coefficient (Wildman–Crippen LogP) is 3.76. The molecule has 2 N–H and O–H groups in total. The lowest BCUT2D eigenvalue weighted by atomic mass is 9.87. The van der Waals surface area contributed by atoms with Gasteiger partial charge in [0.1, 0.15) is 11.9 Å². The molecule has 0 aliphatic carbocycles. The van der Waals surface area contributed by atoms with Crippen LogP contribution >= 0.6 is 0 Å². The van der Waals surface area contributed by atoms with Crippen LogP contribution in [0.1, 0.15) is 64.2 Å². The number of rotatable bonds is 4. The van der Waals surface area contributed by atoms with Crippen molar-refractivity contribution in [1.29, 1.82) is 0 Å². The van der Waals surface area contributed by atoms with Crippen LogP contribution in [0.15, 0.2) is 36.5 Å². The van der Waals surface area contributed by atoms with Gasteiger partial charge in [0.2, 0.25) is 11.8 Å². The zero-order chi connectivity index (χ0) is 25.0. The number of nitrogens with one attached hydrogen (secondary N) is 2. The van der Waals surface area contributed by atoms with Crippen LogP contribution in [-0.2, 0) is 22.7 Å². The van der Waals surface area contributed by atoms with E-state index < -0.39 is 11.9 Å². The van der Waals surface area contributed by atoms with E-state index in [9.17, 15) is 14.4 Å². The maximum absolute atomic E-state index is 15.2. The number of nitrogens with zero attached hydrogens (tertiary/aromatic N) is 2. The molecule has 0 radical (unpaired) electrons. The van der Waals surface area contributed by atoms with E-state index in [2.05, 4.69) is 46.5 Å². The first-order chi connectivity index (χ1) is 17.4. The molecule has 3 aliphatic heterocycles. The lowest BCUT2D eigenvalue weighted by molar-refractivity contribution is -0.136. The number of aromatic nitrogens is 1. The van der Waals surface area contributed by atoms with E-state index in [1.165, 1.54) is 33.0 Å². The summed E-state index contributed by atoms with van der Waals surface area (Å²) in [5, 5.41) is 3.56. The molecule has 0 spiro atoms. The molecule has 1 atom stereocenters. The number of carbonyl (C=O) groups is 3. The summed E-state index contributed by atoms with van der Waals surface area (Å²) < 4.78 is 15.2. The fourth-order valence-corrected chi connectivity index (χ4v) is 6.06. The lowest BCUT2D eigenvalue weighted by Gasteiger charge is -2.32. The van der Waals surface area contributed by atoms with Crippen molar-refractivity contribution in [2.24, 2.45) is 0 Å². The maximum atomic E-state index is 15.2. The van der Waals surface area contributed by atoms with E-state index in [4.69, 9.17) is 0 Å². The first kappa shape index (κ1) is 22.9. The van der Waals surface area contributed by atoms with Crippen molar-refractivity contribution in [3.63, 3.8) is 0 Å². The monoisotopic (exact) mass is 488 g/mol. The Morgan fingerprint density at radius 2 is 1.89 bits per heavy atom. The van der Waals surface area contributed by atoms with Gasteiger partial charge in [-0.1, -0.05) is 24.3 Å². The third-order valence-corrected chi connectivity index (χ3v) is 8.07. The number of imide groups is 1. The van der Waals surface area contributed by atoms with Crippen molar-refractivity contribution in [2.75, 3.05) is 13.1 Å². The quantitative estimate of drug-likeness (QED) is 0.548. The standard InChI is InChI=1S/C28H29FN4O3/c1-16-3-2-4-20-19(13-30-26(16)20)14-32-9-7-17(8-10-32)21-11-18-15-33(28(36)22(18)12-23(21)29)24-5-6-25(34)31-27(24)35/h2-4,11-13,17,24,30H,5-10,14-15H2,1H3,(H,31,34,35). The highest BCUT2D eigenvalue weighted by molar-refractivity contribution is 6.05. The Morgan fingerprint density at radius 3 is 2.67 bits per heavy atom. The SMILES string of the molecule is Cc1cccc2c(CN3CCC(c4cc5c(cc4F)C(=O)N(C4CCC(=O)NC4=O)C5)CC3)c[nH]c12. The summed E-state index contributed by atoms with van der Waals surface area (Å²) in [5.41, 5.74) is 5.45. The zero-order valence-corrected chi connectivity index (χ0v) is 20.3. The van der Waals surface area contributed by atoms with Crippen molar-refractivity contribution in [2.45, 2.75) is 57.7 Å². The van der Waals surface area contributed by atoms with Gasteiger partial charge in [0.25, 0.3) is 5.91 Å². The molecule has 1 unspecified atom stereocenters. The van der Waals surface area contributed by atoms with Gasteiger partial charge in [-0.25, -0.2) is 4.39 Å². The van der Waals surface area contributed by atoms with E-state index in [1.54, 1.807) is 0 Å². The average Bonchev–Trinajstić information content (AvgIpc) is 3.41. The number of halogens is 1. The second kappa shape index (κ2) is 8.85. The number of aromatic amines is 1. The minimum absolute atomic E-state index is 0.0940. The van der Waals surface area contributed by atoms with Crippen LogP contribution in [0, 0.1) is 12.7 Å². The van der Waals surface area contributed by atoms with E-state index in [-0.39, 0.29) is 36.5 Å². The lowest BCUT2D eigenvalue weighted by Crippen LogP contribution is -2.52. The number of carbonyl (C=O) groups excluding carboxylic acids is 3. The topological polar surface area (TPSA) is 85.5 Å². The number of fused-ring (bicyclic) bond motifs is 2. The van der Waals surface area contributed by atoms with Gasteiger partial charge in [0, 0.05) is 42.2 Å². The van der Waals surface area contributed by atoms with Gasteiger partial charge in [-0.2, -0.15) is 0 Å². The summed E-state index contributed by atoms with van der Waals surface area (Å²) in [6.07, 6.45) is 4.29. The molecule has 8 heteroatoms. The van der Waals surface area contributed by atoms with Gasteiger partial charge in [-0.15, -0.1) is 0 Å². The van der Waals surface area contributed by atoms with Crippen molar-refractivity contribution in [3.8, 4) is 0 Å². The maximum Gasteiger partial charge on any atom is 0.255 e. The van der Waals surface area contributed by atoms with E-state index >= 15 is 4.39 Å². The molecule has 2 aromatic carbocycles. The minimum atomic E-state index is -0.689. The smallest absolute Gasteiger partial charge is 0.255 e. The fourth-order valence-electron chi connectivity index (χ4n) is 6.06. The molecule has 7 nitrogen and oxygen atoms in total. The highest BCUT2D eigenvalue weighted by Crippen LogP contribution is 2.36. The number of aryl methyl sites for hydroxylation is 1. The summed E-state index contributed by atoms with van der Waals surface area (Å²) >= 11 is 0. The normalized spacial score (nSPS) is 21.3. The molecule has 3 aliphatic rings. The molecule has 186 valence electrons. The Hall–Kier alpha value is -3.52. The third kappa shape index (κ3) is 3.89. The Labute approximate surface area is 208 Å². The molecule has 4 heterocycles. The number of para-hydroxylation sites is 1. The van der Waals surface area contributed by atoms with Gasteiger partial charge >= 0.3 is 0 Å². The summed E-state index contributed by atoms with van der Waals surface area (Å²) in [5.74, 6) is -1.37. The van der Waals surface area contributed by atoms with E-state index in [0.29, 0.717) is 17.5 Å². The van der Waals surface area contributed by atoms with Crippen LogP contribution in [0.4, 0.5) is 4.39 Å². The summed E-state index contributed by atoms with van der Waals surface area (Å²) in [4.78, 5) is 44.0. The highest BCUT2D eigenvalue weighted by atomic mass is 19.1. The molecular weight excluding hydrogens is 459 g/mol. The van der Waals surface area contributed by atoms with Gasteiger partial charge in [0.05, 0.1) is 0 Å². The van der Waals surface area contributed by atoms with Gasteiger partial charge in [0.15, 0.2) is 0 Å². The molecule has 36 heavy (non-hydrogen) atoms. The first-order valence-electron chi connectivity index (χ1n) is 12.6. The summed E-state index contributed by atoms with van der Waals surface area (Å²) in [6, 6.07) is 8.84. The number of likely N-dealkylation sites (tertiary alicyclic amines) is 1. The van der Waals surface area contributed by atoms with Crippen LogP contribution in [0.3, 0.4) is 0 Å². The molecule has 6 rings (SSSR count). The van der Waals surface area contributed by atoms with Crippen LogP contribution in [0.2, 0.25) is 0 Å². The van der Waals surface area contributed by atoms with E-state index in [0.717, 1.165) is 38.0 Å². The number of benzene rings is 2. The average molecular weight is 489 g/mol. The van der Waals surface area contributed by atoms with Crippen molar-refractivity contribution < 1.29 is 18.8 Å². The van der Waals surface area contributed by atoms with Crippen molar-refractivity contribution in [3.05, 3.63) is 70.2 Å². The molecular formula is C28H29FN4O3. The molecule has 1 aromatic heterocycles. The first-order valence-corrected chi connectivity index (χ1v) is 12.6. The third-order valence-electron chi connectivity index (χ3n) is 8.07. The minimum Gasteiger partial charge on any atom is -0.361 e. The van der Waals surface area contributed by atoms with Crippen LogP contribution in [0.25, 0.3) is 10.9 Å². The second-order valence-electron chi connectivity index (χ2n) is 10.3. The van der Waals surface area contributed by atoms with Gasteiger partial charge in [-0.3, -0.25) is 24.6 Å². The molecule has 0 saturated carbocycles. The number of hydrogen-bond acceptors (Lipinski definition) is 4. The fraction of sp³-hybridized carbons (Fsp3) is 0.393. The van der Waals surface area contributed by atoms with Crippen LogP contribution in [-0.4, -0.2) is 51.6 Å². The Morgan fingerprint density at radius 1 is 1.08 bits per heavy atom. The molecule has 2 fully saturated rings. The molecule has 3 amide bonds. The Bertz CT molecular complexity index is 1390. The zero-order valence-electron chi connectivity index (χ0n) is 20.3. The second-order valence-corrected chi connectivity index (χ2v) is 10.3. The summed E-state index contributed by atoms with van der Waals surface area (Å²) in [6.45, 7) is 4.99.